The molecule has 0 saturated heterocycles. The van der Waals surface area contributed by atoms with Gasteiger partial charge in [0.25, 0.3) is 0 Å². The SMILES string of the molecule is CC(C)NC(=O)[C@H](C)N(Cc1ccccc1)C(=O)CN(c1ccc(Cl)cc1)S(C)(=O)=O. The molecule has 0 saturated carbocycles. The van der Waals surface area contributed by atoms with Crippen LogP contribution in [0.25, 0.3) is 0 Å². The Kier molecular flexibility index (Phi) is 8.47. The van der Waals surface area contributed by atoms with Crippen molar-refractivity contribution < 1.29 is 18.0 Å². The highest BCUT2D eigenvalue weighted by atomic mass is 35.5. The summed E-state index contributed by atoms with van der Waals surface area (Å²) in [6.45, 7) is 5.03. The molecule has 2 rings (SSSR count). The molecular formula is C22H28ClN3O4S. The number of nitrogens with zero attached hydrogens (tertiary/aromatic N) is 2. The summed E-state index contributed by atoms with van der Waals surface area (Å²) in [6.07, 6.45) is 1.03. The highest BCUT2D eigenvalue weighted by molar-refractivity contribution is 7.92. The van der Waals surface area contributed by atoms with E-state index in [4.69, 9.17) is 11.6 Å². The minimum absolute atomic E-state index is 0.0924. The standard InChI is InChI=1S/C22H28ClN3O4S/c1-16(2)24-22(28)17(3)25(14-18-8-6-5-7-9-18)21(27)15-26(31(4,29)30)20-12-10-19(23)11-13-20/h5-13,16-17H,14-15H2,1-4H3,(H,24,28)/t17-/m0/s1. The van der Waals surface area contributed by atoms with Crippen molar-refractivity contribution >= 4 is 39.1 Å². The second kappa shape index (κ2) is 10.6. The molecule has 2 amide bonds. The molecular weight excluding hydrogens is 438 g/mol. The number of sulfonamides is 1. The van der Waals surface area contributed by atoms with Gasteiger partial charge >= 0.3 is 0 Å². The molecule has 168 valence electrons. The third-order valence-corrected chi connectivity index (χ3v) is 5.98. The smallest absolute Gasteiger partial charge is 0.244 e. The zero-order chi connectivity index (χ0) is 23.2. The van der Waals surface area contributed by atoms with Crippen molar-refractivity contribution in [3.05, 3.63) is 65.2 Å². The summed E-state index contributed by atoms with van der Waals surface area (Å²) in [5.41, 5.74) is 1.15. The Bertz CT molecular complexity index is 995. The van der Waals surface area contributed by atoms with Crippen LogP contribution in [0.4, 0.5) is 5.69 Å². The van der Waals surface area contributed by atoms with E-state index in [2.05, 4.69) is 5.32 Å². The van der Waals surface area contributed by atoms with Crippen LogP contribution in [0.15, 0.2) is 54.6 Å². The topological polar surface area (TPSA) is 86.8 Å². The van der Waals surface area contributed by atoms with Crippen LogP contribution in [0.3, 0.4) is 0 Å². The van der Waals surface area contributed by atoms with Crippen molar-refractivity contribution in [2.45, 2.75) is 39.4 Å². The number of hydrogen-bond acceptors (Lipinski definition) is 4. The highest BCUT2D eigenvalue weighted by Gasteiger charge is 2.30. The van der Waals surface area contributed by atoms with Gasteiger partial charge < -0.3 is 10.2 Å². The maximum Gasteiger partial charge on any atom is 0.244 e. The molecule has 9 heteroatoms. The lowest BCUT2D eigenvalue weighted by Crippen LogP contribution is -2.52. The first-order valence-electron chi connectivity index (χ1n) is 9.86. The van der Waals surface area contributed by atoms with E-state index in [1.54, 1.807) is 19.1 Å². The first-order chi connectivity index (χ1) is 14.5. The number of carbonyl (C=O) groups excluding carboxylic acids is 2. The summed E-state index contributed by atoms with van der Waals surface area (Å²) < 4.78 is 25.9. The van der Waals surface area contributed by atoms with Gasteiger partial charge in [-0.1, -0.05) is 41.9 Å². The molecule has 1 N–H and O–H groups in total. The quantitative estimate of drug-likeness (QED) is 0.616. The number of benzene rings is 2. The van der Waals surface area contributed by atoms with Crippen molar-refractivity contribution in [1.29, 1.82) is 0 Å². The number of rotatable bonds is 9. The molecule has 0 aliphatic carbocycles. The van der Waals surface area contributed by atoms with E-state index in [9.17, 15) is 18.0 Å². The molecule has 7 nitrogen and oxygen atoms in total. The van der Waals surface area contributed by atoms with Crippen LogP contribution in [-0.4, -0.2) is 50.0 Å². The zero-order valence-corrected chi connectivity index (χ0v) is 19.7. The molecule has 0 aliphatic rings. The predicted octanol–water partition coefficient (Wildman–Crippen LogP) is 3.05. The summed E-state index contributed by atoms with van der Waals surface area (Å²) in [7, 11) is -3.76. The predicted molar refractivity (Wildman–Crippen MR) is 123 cm³/mol. The number of nitrogens with one attached hydrogen (secondary N) is 1. The second-order valence-electron chi connectivity index (χ2n) is 7.59. The van der Waals surface area contributed by atoms with Crippen LogP contribution in [0.1, 0.15) is 26.3 Å². The van der Waals surface area contributed by atoms with Gasteiger partial charge in [0.15, 0.2) is 0 Å². The first-order valence-corrected chi connectivity index (χ1v) is 12.1. The lowest BCUT2D eigenvalue weighted by molar-refractivity contribution is -0.139. The van der Waals surface area contributed by atoms with Crippen molar-refractivity contribution in [1.82, 2.24) is 10.2 Å². The number of hydrogen-bond donors (Lipinski definition) is 1. The number of halogens is 1. The molecule has 0 bridgehead atoms. The summed E-state index contributed by atoms with van der Waals surface area (Å²) in [4.78, 5) is 27.3. The van der Waals surface area contributed by atoms with Crippen LogP contribution in [0.5, 0.6) is 0 Å². The molecule has 2 aromatic rings. The maximum absolute atomic E-state index is 13.3. The first kappa shape index (κ1) is 24.7. The third kappa shape index (κ3) is 7.25. The Labute approximate surface area is 189 Å². The molecule has 2 aromatic carbocycles. The molecule has 0 fully saturated rings. The van der Waals surface area contributed by atoms with Crippen molar-refractivity contribution in [3.63, 3.8) is 0 Å². The Morgan fingerprint density at radius 1 is 1.00 bits per heavy atom. The molecule has 1 atom stereocenters. The van der Waals surface area contributed by atoms with E-state index in [1.165, 1.54) is 17.0 Å². The number of anilines is 1. The molecule has 31 heavy (non-hydrogen) atoms. The molecule has 0 aliphatic heterocycles. The van der Waals surface area contributed by atoms with E-state index in [0.29, 0.717) is 10.7 Å². The van der Waals surface area contributed by atoms with Gasteiger partial charge in [0.2, 0.25) is 21.8 Å². The van der Waals surface area contributed by atoms with Crippen LogP contribution in [0, 0.1) is 0 Å². The fourth-order valence-electron chi connectivity index (χ4n) is 2.99. The second-order valence-corrected chi connectivity index (χ2v) is 9.94. The van der Waals surface area contributed by atoms with E-state index in [-0.39, 0.29) is 18.5 Å². The number of amides is 2. The van der Waals surface area contributed by atoms with Gasteiger partial charge in [-0.3, -0.25) is 13.9 Å². The minimum atomic E-state index is -3.76. The van der Waals surface area contributed by atoms with Gasteiger partial charge in [-0.2, -0.15) is 0 Å². The Balaban J connectivity index is 2.35. The van der Waals surface area contributed by atoms with Crippen LogP contribution in [0.2, 0.25) is 5.02 Å². The van der Waals surface area contributed by atoms with Gasteiger partial charge in [0.05, 0.1) is 11.9 Å². The fourth-order valence-corrected chi connectivity index (χ4v) is 3.96. The van der Waals surface area contributed by atoms with Gasteiger partial charge in [-0.15, -0.1) is 0 Å². The third-order valence-electron chi connectivity index (χ3n) is 4.59. The summed E-state index contributed by atoms with van der Waals surface area (Å²) in [5.74, 6) is -0.799. The average Bonchev–Trinajstić information content (AvgIpc) is 2.70. The normalized spacial score (nSPS) is 12.3. The Morgan fingerprint density at radius 3 is 2.10 bits per heavy atom. The van der Waals surface area contributed by atoms with Gasteiger partial charge in [0, 0.05) is 17.6 Å². The van der Waals surface area contributed by atoms with Gasteiger partial charge in [0.1, 0.15) is 12.6 Å². The molecule has 0 aromatic heterocycles. The molecule has 0 unspecified atom stereocenters. The zero-order valence-electron chi connectivity index (χ0n) is 18.1. The molecule has 0 spiro atoms. The van der Waals surface area contributed by atoms with E-state index < -0.39 is 28.5 Å². The van der Waals surface area contributed by atoms with Crippen LogP contribution < -0.4 is 9.62 Å². The van der Waals surface area contributed by atoms with Crippen molar-refractivity contribution in [2.75, 3.05) is 17.1 Å². The lowest BCUT2D eigenvalue weighted by atomic mass is 10.1. The Hall–Kier alpha value is -2.58. The van der Waals surface area contributed by atoms with Gasteiger partial charge in [-0.05, 0) is 50.6 Å². The van der Waals surface area contributed by atoms with E-state index >= 15 is 0 Å². The minimum Gasteiger partial charge on any atom is -0.352 e. The van der Waals surface area contributed by atoms with E-state index in [1.807, 2.05) is 44.2 Å². The Morgan fingerprint density at radius 2 is 1.58 bits per heavy atom. The van der Waals surface area contributed by atoms with Crippen LogP contribution in [-0.2, 0) is 26.2 Å². The fraction of sp³-hybridized carbons (Fsp3) is 0.364. The monoisotopic (exact) mass is 465 g/mol. The summed E-state index contributed by atoms with van der Waals surface area (Å²) >= 11 is 5.91. The highest BCUT2D eigenvalue weighted by Crippen LogP contribution is 2.21. The number of carbonyl (C=O) groups is 2. The molecule has 0 heterocycles. The lowest BCUT2D eigenvalue weighted by Gasteiger charge is -2.31. The van der Waals surface area contributed by atoms with Gasteiger partial charge in [-0.25, -0.2) is 8.42 Å². The molecule has 0 radical (unpaired) electrons. The van der Waals surface area contributed by atoms with Crippen molar-refractivity contribution in [3.8, 4) is 0 Å². The van der Waals surface area contributed by atoms with Crippen LogP contribution >= 0.6 is 11.6 Å². The van der Waals surface area contributed by atoms with E-state index in [0.717, 1.165) is 16.1 Å². The maximum atomic E-state index is 13.3. The van der Waals surface area contributed by atoms with Crippen molar-refractivity contribution in [2.24, 2.45) is 0 Å². The largest absolute Gasteiger partial charge is 0.352 e. The average molecular weight is 466 g/mol. The summed E-state index contributed by atoms with van der Waals surface area (Å²) in [5, 5.41) is 3.26. The summed E-state index contributed by atoms with van der Waals surface area (Å²) in [6, 6.07) is 14.5.